The van der Waals surface area contributed by atoms with E-state index in [4.69, 9.17) is 0 Å². The quantitative estimate of drug-likeness (QED) is 0.913. The highest BCUT2D eigenvalue weighted by Gasteiger charge is 2.19. The third-order valence-corrected chi connectivity index (χ3v) is 4.55. The highest BCUT2D eigenvalue weighted by molar-refractivity contribution is 5.92. The Morgan fingerprint density at radius 2 is 1.64 bits per heavy atom. The maximum absolute atomic E-state index is 12.4. The van der Waals surface area contributed by atoms with E-state index in [-0.39, 0.29) is 11.3 Å². The molecule has 0 saturated carbocycles. The lowest BCUT2D eigenvalue weighted by Gasteiger charge is -2.26. The topological polar surface area (TPSA) is 58.1 Å². The molecule has 0 unspecified atom stereocenters. The monoisotopic (exact) mass is 338 g/mol. The van der Waals surface area contributed by atoms with Gasteiger partial charge < -0.3 is 10.2 Å². The zero-order chi connectivity index (χ0) is 17.9. The van der Waals surface area contributed by atoms with Gasteiger partial charge in [-0.05, 0) is 54.5 Å². The summed E-state index contributed by atoms with van der Waals surface area (Å²) in [6.07, 6.45) is 3.35. The van der Waals surface area contributed by atoms with E-state index in [9.17, 15) is 4.79 Å². The van der Waals surface area contributed by atoms with Crippen molar-refractivity contribution in [3.63, 3.8) is 0 Å². The molecule has 1 aliphatic heterocycles. The van der Waals surface area contributed by atoms with Gasteiger partial charge in [-0.15, -0.1) is 10.2 Å². The van der Waals surface area contributed by atoms with Crippen molar-refractivity contribution in [1.29, 1.82) is 0 Å². The van der Waals surface area contributed by atoms with E-state index in [0.29, 0.717) is 11.5 Å². The smallest absolute Gasteiger partial charge is 0.274 e. The van der Waals surface area contributed by atoms with Crippen molar-refractivity contribution in [3.05, 3.63) is 47.7 Å². The van der Waals surface area contributed by atoms with Crippen LogP contribution in [-0.2, 0) is 5.41 Å². The summed E-state index contributed by atoms with van der Waals surface area (Å²) in [5, 5.41) is 11.5. The maximum Gasteiger partial charge on any atom is 0.274 e. The molecular weight excluding hydrogens is 312 g/mol. The molecule has 0 aliphatic carbocycles. The van der Waals surface area contributed by atoms with E-state index in [0.717, 1.165) is 31.6 Å². The van der Waals surface area contributed by atoms with E-state index >= 15 is 0 Å². The average Bonchev–Trinajstić information content (AvgIpc) is 2.62. The van der Waals surface area contributed by atoms with Crippen LogP contribution in [0.1, 0.15) is 56.1 Å². The van der Waals surface area contributed by atoms with E-state index in [1.54, 1.807) is 6.07 Å². The number of carbonyl (C=O) groups is 1. The number of rotatable bonds is 3. The fraction of sp³-hybridized carbons (Fsp3) is 0.450. The maximum atomic E-state index is 12.4. The fourth-order valence-corrected chi connectivity index (χ4v) is 2.97. The van der Waals surface area contributed by atoms with Gasteiger partial charge in [0.25, 0.3) is 5.91 Å². The van der Waals surface area contributed by atoms with Crippen LogP contribution in [0.4, 0.5) is 11.5 Å². The van der Waals surface area contributed by atoms with Crippen LogP contribution in [0.3, 0.4) is 0 Å². The first-order valence-electron chi connectivity index (χ1n) is 8.94. The van der Waals surface area contributed by atoms with Crippen molar-refractivity contribution in [2.45, 2.75) is 45.4 Å². The second kappa shape index (κ2) is 7.21. The van der Waals surface area contributed by atoms with Crippen molar-refractivity contribution in [2.75, 3.05) is 18.4 Å². The molecule has 0 radical (unpaired) electrons. The minimum atomic E-state index is -0.0201. The number of hydrogen-bond acceptors (Lipinski definition) is 4. The van der Waals surface area contributed by atoms with Crippen LogP contribution in [-0.4, -0.2) is 34.1 Å². The summed E-state index contributed by atoms with van der Waals surface area (Å²) >= 11 is 0. The highest BCUT2D eigenvalue weighted by Crippen LogP contribution is 2.24. The number of nitrogens with one attached hydrogen (secondary N) is 1. The first kappa shape index (κ1) is 17.4. The Balaban J connectivity index is 1.65. The lowest BCUT2D eigenvalue weighted by atomic mass is 9.87. The number of hydrogen-bond donors (Lipinski definition) is 1. The van der Waals surface area contributed by atoms with Crippen LogP contribution in [0.2, 0.25) is 0 Å². The SMILES string of the molecule is CC(C)(C)c1ccc(Nc2ccc(C(=O)N3CCCCC3)nn2)cc1. The largest absolute Gasteiger partial charge is 0.339 e. The van der Waals surface area contributed by atoms with Crippen LogP contribution in [0.25, 0.3) is 0 Å². The summed E-state index contributed by atoms with van der Waals surface area (Å²) in [6.45, 7) is 8.22. The highest BCUT2D eigenvalue weighted by atomic mass is 16.2. The van der Waals surface area contributed by atoms with Crippen molar-refractivity contribution < 1.29 is 4.79 Å². The zero-order valence-corrected chi connectivity index (χ0v) is 15.2. The summed E-state index contributed by atoms with van der Waals surface area (Å²) in [5.74, 6) is 0.618. The van der Waals surface area contributed by atoms with Crippen LogP contribution in [0, 0.1) is 0 Å². The van der Waals surface area contributed by atoms with Gasteiger partial charge in [0.1, 0.15) is 0 Å². The van der Waals surface area contributed by atoms with Crippen molar-refractivity contribution >= 4 is 17.4 Å². The number of carbonyl (C=O) groups excluding carboxylic acids is 1. The van der Waals surface area contributed by atoms with Crippen molar-refractivity contribution in [1.82, 2.24) is 15.1 Å². The molecule has 1 fully saturated rings. The van der Waals surface area contributed by atoms with E-state index in [1.165, 1.54) is 12.0 Å². The number of aromatic nitrogens is 2. The molecule has 1 aliphatic rings. The number of benzene rings is 1. The predicted octanol–water partition coefficient (Wildman–Crippen LogP) is 4.14. The summed E-state index contributed by atoms with van der Waals surface area (Å²) in [5.41, 5.74) is 2.79. The second-order valence-corrected chi connectivity index (χ2v) is 7.61. The van der Waals surface area contributed by atoms with Gasteiger partial charge in [-0.2, -0.15) is 0 Å². The molecule has 3 rings (SSSR count). The Kier molecular flexibility index (Phi) is 5.02. The number of piperidine rings is 1. The summed E-state index contributed by atoms with van der Waals surface area (Å²) in [7, 11) is 0. The van der Waals surface area contributed by atoms with E-state index < -0.39 is 0 Å². The molecule has 5 heteroatoms. The third-order valence-electron chi connectivity index (χ3n) is 4.55. The summed E-state index contributed by atoms with van der Waals surface area (Å²) < 4.78 is 0. The minimum absolute atomic E-state index is 0.0201. The second-order valence-electron chi connectivity index (χ2n) is 7.61. The molecule has 132 valence electrons. The van der Waals surface area contributed by atoms with Gasteiger partial charge in [0.05, 0.1) is 0 Å². The Morgan fingerprint density at radius 3 is 2.20 bits per heavy atom. The van der Waals surface area contributed by atoms with Gasteiger partial charge in [0.15, 0.2) is 11.5 Å². The summed E-state index contributed by atoms with van der Waals surface area (Å²) in [4.78, 5) is 14.3. The van der Waals surface area contributed by atoms with Gasteiger partial charge in [-0.3, -0.25) is 4.79 Å². The molecule has 2 aromatic rings. The molecule has 25 heavy (non-hydrogen) atoms. The average molecular weight is 338 g/mol. The lowest BCUT2D eigenvalue weighted by Crippen LogP contribution is -2.36. The zero-order valence-electron chi connectivity index (χ0n) is 15.2. The predicted molar refractivity (Wildman–Crippen MR) is 100 cm³/mol. The molecule has 1 amide bonds. The van der Waals surface area contributed by atoms with Crippen LogP contribution in [0.5, 0.6) is 0 Å². The summed E-state index contributed by atoms with van der Waals surface area (Å²) in [6, 6.07) is 11.9. The molecule has 0 bridgehead atoms. The molecule has 5 nitrogen and oxygen atoms in total. The lowest BCUT2D eigenvalue weighted by molar-refractivity contribution is 0.0717. The molecular formula is C20H26N4O. The molecule has 1 N–H and O–H groups in total. The Hall–Kier alpha value is -2.43. The third kappa shape index (κ3) is 4.35. The van der Waals surface area contributed by atoms with Gasteiger partial charge in [-0.25, -0.2) is 0 Å². The first-order chi connectivity index (χ1) is 11.9. The van der Waals surface area contributed by atoms with Gasteiger partial charge >= 0.3 is 0 Å². The number of nitrogens with zero attached hydrogens (tertiary/aromatic N) is 3. The Bertz CT molecular complexity index is 711. The van der Waals surface area contributed by atoms with Gasteiger partial charge in [0, 0.05) is 18.8 Å². The van der Waals surface area contributed by atoms with E-state index in [1.807, 2.05) is 23.1 Å². The molecule has 1 aromatic carbocycles. The van der Waals surface area contributed by atoms with Crippen LogP contribution >= 0.6 is 0 Å². The fourth-order valence-electron chi connectivity index (χ4n) is 2.97. The van der Waals surface area contributed by atoms with Gasteiger partial charge in [0.2, 0.25) is 0 Å². The van der Waals surface area contributed by atoms with Crippen molar-refractivity contribution in [2.24, 2.45) is 0 Å². The number of anilines is 2. The number of amides is 1. The molecule has 1 aromatic heterocycles. The molecule has 2 heterocycles. The first-order valence-corrected chi connectivity index (χ1v) is 8.94. The minimum Gasteiger partial charge on any atom is -0.339 e. The van der Waals surface area contributed by atoms with Crippen LogP contribution in [0.15, 0.2) is 36.4 Å². The Labute approximate surface area is 149 Å². The number of likely N-dealkylation sites (tertiary alicyclic amines) is 1. The van der Waals surface area contributed by atoms with E-state index in [2.05, 4.69) is 48.4 Å². The van der Waals surface area contributed by atoms with Crippen molar-refractivity contribution in [3.8, 4) is 0 Å². The normalized spacial score (nSPS) is 15.1. The Morgan fingerprint density at radius 1 is 0.960 bits per heavy atom. The van der Waals surface area contributed by atoms with Gasteiger partial charge in [-0.1, -0.05) is 32.9 Å². The molecule has 0 spiro atoms. The molecule has 1 saturated heterocycles. The van der Waals surface area contributed by atoms with Crippen LogP contribution < -0.4 is 5.32 Å². The molecule has 0 atom stereocenters. The standard InChI is InChI=1S/C20H26N4O/c1-20(2,3)15-7-9-16(10-8-15)21-18-12-11-17(22-23-18)19(25)24-13-5-4-6-14-24/h7-12H,4-6,13-14H2,1-3H3,(H,21,23).